The van der Waals surface area contributed by atoms with Crippen molar-refractivity contribution in [2.45, 2.75) is 19.7 Å². The van der Waals surface area contributed by atoms with E-state index >= 15 is 0 Å². The maximum atomic E-state index is 8.02. The minimum atomic E-state index is 0.983. The first-order chi connectivity index (χ1) is 2.91. The second-order valence-electron chi connectivity index (χ2n) is 1.17. The average molecular weight is 81.7 g/mol. The van der Waals surface area contributed by atoms with E-state index in [2.05, 4.69) is 6.92 Å². The van der Waals surface area contributed by atoms with Crippen molar-refractivity contribution < 1.29 is 5.02 Å². The molecular weight excluding hydrogens is 73.7 g/mol. The predicted octanol–water partition coefficient (Wildman–Crippen LogP) is 0.0454. The van der Waals surface area contributed by atoms with Crippen LogP contribution in [-0.2, 0) is 0 Å². The molecule has 0 rings (SSSR count). The third kappa shape index (κ3) is 3.93. The van der Waals surface area contributed by atoms with Gasteiger partial charge in [-0.15, -0.1) is 0 Å². The normalized spacial score (nSPS) is 7.50. The van der Waals surface area contributed by atoms with Crippen molar-refractivity contribution in [1.82, 2.24) is 0 Å². The van der Waals surface area contributed by atoms with E-state index in [0.29, 0.717) is 0 Å². The molecule has 0 aliphatic heterocycles. The first kappa shape index (κ1) is 5.93. The molecule has 0 radical (unpaired) electrons. The van der Waals surface area contributed by atoms with Crippen LogP contribution in [0.4, 0.5) is 0 Å². The Hall–Kier alpha value is -0.0701. The fraction of sp³-hybridized carbons (Fsp3) is 1.00. The van der Waals surface area contributed by atoms with Crippen molar-refractivity contribution >= 4 is 13.8 Å². The van der Waals surface area contributed by atoms with E-state index in [-0.39, 0.29) is 0 Å². The topological polar surface area (TPSA) is 20.2 Å². The van der Waals surface area contributed by atoms with Crippen molar-refractivity contribution in [3.63, 3.8) is 0 Å². The van der Waals surface area contributed by atoms with E-state index in [9.17, 15) is 0 Å². The number of rotatable bonds is 2. The Morgan fingerprint density at radius 1 is 1.67 bits per heavy atom. The Labute approximate surface area is 39.5 Å². The molecule has 0 aromatic carbocycles. The summed E-state index contributed by atoms with van der Waals surface area (Å²) in [6, 6.07) is 0. The molecule has 3 heteroatoms. The minimum absolute atomic E-state index is 0.983. The SMILES string of the molecule is CCCB=BO. The molecule has 0 saturated heterocycles. The quantitative estimate of drug-likeness (QED) is 0.466. The molecule has 1 nitrogen and oxygen atoms in total. The summed E-state index contributed by atoms with van der Waals surface area (Å²) in [6.45, 7) is 3.81. The van der Waals surface area contributed by atoms with Gasteiger partial charge in [0, 0.05) is 0 Å². The zero-order valence-corrected chi connectivity index (χ0v) is 4.02. The number of hydrogen-bond acceptors (Lipinski definition) is 1. The Bertz CT molecular complexity index is 44.1. The van der Waals surface area contributed by atoms with E-state index in [1.165, 1.54) is 0 Å². The van der Waals surface area contributed by atoms with Gasteiger partial charge in [-0.25, -0.2) is 0 Å². The predicted molar refractivity (Wildman–Crippen MR) is 28.8 cm³/mol. The summed E-state index contributed by atoms with van der Waals surface area (Å²) in [5.74, 6) is 0. The van der Waals surface area contributed by atoms with E-state index in [1.807, 2.05) is 0 Å². The van der Waals surface area contributed by atoms with Crippen LogP contribution in [0.2, 0.25) is 6.32 Å². The van der Waals surface area contributed by atoms with Crippen LogP contribution in [0.5, 0.6) is 0 Å². The van der Waals surface area contributed by atoms with Crippen molar-refractivity contribution in [3.05, 3.63) is 0 Å². The summed E-state index contributed by atoms with van der Waals surface area (Å²) in [6.07, 6.45) is 2.09. The molecular formula is C3H8B2O. The first-order valence-electron chi connectivity index (χ1n) is 2.21. The van der Waals surface area contributed by atoms with E-state index in [4.69, 9.17) is 5.02 Å². The van der Waals surface area contributed by atoms with Gasteiger partial charge in [0.15, 0.2) is 0 Å². The molecule has 0 aliphatic carbocycles. The molecule has 0 heterocycles. The molecule has 6 heavy (non-hydrogen) atoms. The Balaban J connectivity index is 2.66. The molecule has 0 aromatic heterocycles. The van der Waals surface area contributed by atoms with Gasteiger partial charge < -0.3 is 0 Å². The molecule has 0 bridgehead atoms. The summed E-state index contributed by atoms with van der Waals surface area (Å²) in [4.78, 5) is 0. The van der Waals surface area contributed by atoms with Crippen molar-refractivity contribution in [1.29, 1.82) is 0 Å². The second kappa shape index (κ2) is 4.93. The van der Waals surface area contributed by atoms with Crippen LogP contribution in [0.15, 0.2) is 0 Å². The van der Waals surface area contributed by atoms with Crippen molar-refractivity contribution in [2.24, 2.45) is 0 Å². The van der Waals surface area contributed by atoms with Gasteiger partial charge >= 0.3 is 38.5 Å². The number of hydrogen-bond donors (Lipinski definition) is 1. The van der Waals surface area contributed by atoms with E-state index in [1.54, 1.807) is 6.80 Å². The summed E-state index contributed by atoms with van der Waals surface area (Å²) in [5, 5.41) is 8.02. The van der Waals surface area contributed by atoms with Crippen LogP contribution in [0.3, 0.4) is 0 Å². The van der Waals surface area contributed by atoms with Gasteiger partial charge in [0.25, 0.3) is 0 Å². The molecule has 0 aromatic rings. The standard InChI is InChI=1S/C3H8B2O/c1-2-3-4-5-6/h6H,2-3H2,1H3. The monoisotopic (exact) mass is 82.1 g/mol. The molecule has 32 valence electrons. The van der Waals surface area contributed by atoms with Gasteiger partial charge in [-0.2, -0.15) is 0 Å². The van der Waals surface area contributed by atoms with Crippen molar-refractivity contribution in [2.75, 3.05) is 0 Å². The Morgan fingerprint density at radius 3 is 2.50 bits per heavy atom. The average Bonchev–Trinajstić information content (AvgIpc) is 1.61. The van der Waals surface area contributed by atoms with Gasteiger partial charge in [0.2, 0.25) is 0 Å². The van der Waals surface area contributed by atoms with Crippen LogP contribution >= 0.6 is 0 Å². The molecule has 0 amide bonds. The zero-order valence-electron chi connectivity index (χ0n) is 4.02. The molecule has 0 unspecified atom stereocenters. The first-order valence-corrected chi connectivity index (χ1v) is 2.21. The van der Waals surface area contributed by atoms with E-state index in [0.717, 1.165) is 19.7 Å². The summed E-state index contributed by atoms with van der Waals surface area (Å²) in [5.41, 5.74) is 0. The molecule has 0 saturated carbocycles. The van der Waals surface area contributed by atoms with Crippen LogP contribution in [0, 0.1) is 0 Å². The maximum absolute atomic E-state index is 8.02. The third-order valence-electron chi connectivity index (χ3n) is 0.561. The van der Waals surface area contributed by atoms with Gasteiger partial charge in [-0.1, -0.05) is 0 Å². The van der Waals surface area contributed by atoms with E-state index < -0.39 is 0 Å². The van der Waals surface area contributed by atoms with Crippen LogP contribution < -0.4 is 0 Å². The fourth-order valence-electron chi connectivity index (χ4n) is 0.241. The molecule has 0 spiro atoms. The molecule has 1 N–H and O–H groups in total. The summed E-state index contributed by atoms with van der Waals surface area (Å²) < 4.78 is 0. The molecule has 0 atom stereocenters. The van der Waals surface area contributed by atoms with Gasteiger partial charge in [-0.3, -0.25) is 0 Å². The third-order valence-corrected chi connectivity index (χ3v) is 0.561. The van der Waals surface area contributed by atoms with Gasteiger partial charge in [0.05, 0.1) is 0 Å². The second-order valence-corrected chi connectivity index (χ2v) is 1.17. The summed E-state index contributed by atoms with van der Waals surface area (Å²) in [7, 11) is 1.09. The molecule has 0 fully saturated rings. The van der Waals surface area contributed by atoms with Crippen LogP contribution in [-0.4, -0.2) is 18.8 Å². The Morgan fingerprint density at radius 2 is 2.33 bits per heavy atom. The zero-order chi connectivity index (χ0) is 4.83. The van der Waals surface area contributed by atoms with Crippen LogP contribution in [0.25, 0.3) is 0 Å². The Kier molecular flexibility index (Phi) is 4.87. The van der Waals surface area contributed by atoms with Crippen LogP contribution in [0.1, 0.15) is 13.3 Å². The fourth-order valence-corrected chi connectivity index (χ4v) is 0.241. The van der Waals surface area contributed by atoms with Gasteiger partial charge in [0.1, 0.15) is 0 Å². The van der Waals surface area contributed by atoms with Crippen molar-refractivity contribution in [3.8, 4) is 0 Å². The van der Waals surface area contributed by atoms with Gasteiger partial charge in [-0.05, 0) is 0 Å². The summed E-state index contributed by atoms with van der Waals surface area (Å²) >= 11 is 0. The molecule has 0 aliphatic rings.